The predicted molar refractivity (Wildman–Crippen MR) is 158 cm³/mol. The molecule has 4 heterocycles. The van der Waals surface area contributed by atoms with Crippen molar-refractivity contribution in [1.82, 2.24) is 12.7 Å². The lowest BCUT2D eigenvalue weighted by Crippen LogP contribution is -2.52. The molecule has 1 amide bonds. The van der Waals surface area contributed by atoms with Gasteiger partial charge < -0.3 is 14.4 Å². The SMILES string of the molecule is C=CC(=O)N(I)CC1CC2OCC2N1c1nc(=O)n2c3c(c(-c4ccc(F)cc4)c(C(F)(F)F)cc13)SC[C@@H]2COC. The van der Waals surface area contributed by atoms with Gasteiger partial charge in [0, 0.05) is 28.7 Å². The number of anilines is 1. The van der Waals surface area contributed by atoms with E-state index >= 15 is 0 Å². The molecule has 3 unspecified atom stereocenters. The Morgan fingerprint density at radius 3 is 2.67 bits per heavy atom. The molecule has 3 aliphatic heterocycles. The van der Waals surface area contributed by atoms with E-state index in [-0.39, 0.29) is 70.2 Å². The lowest BCUT2D eigenvalue weighted by atomic mass is 9.96. The van der Waals surface area contributed by atoms with Crippen LogP contribution in [0.5, 0.6) is 0 Å². The third-order valence-corrected chi connectivity index (χ3v) is 10.0. The quantitative estimate of drug-likeness (QED) is 0.144. The zero-order valence-electron chi connectivity index (χ0n) is 22.2. The third-order valence-electron chi connectivity index (χ3n) is 7.92. The Kier molecular flexibility index (Phi) is 7.77. The van der Waals surface area contributed by atoms with Gasteiger partial charge >= 0.3 is 11.9 Å². The second-order valence-electron chi connectivity index (χ2n) is 10.4. The van der Waals surface area contributed by atoms with Crippen molar-refractivity contribution in [3.63, 3.8) is 0 Å². The molecule has 14 heteroatoms. The first kappa shape index (κ1) is 29.4. The highest BCUT2D eigenvalue weighted by atomic mass is 127. The molecule has 3 aromatic rings. The molecule has 6 rings (SSSR count). The van der Waals surface area contributed by atoms with Crippen LogP contribution in [-0.2, 0) is 20.4 Å². The standard InChI is InChI=1S/C28H25F4IN4O4S/c1-3-22(38)35(33)10-16-8-21-20(12-41-21)36(16)26-18-9-19(28(30,31)32)23(14-4-6-15(29)7-5-14)25-24(18)37(27(39)34-26)17(11-40-2)13-42-25/h3-7,9,16-17,20-21H,1,8,10-13H2,2H3/t16?,17-,20?,21?/m0/s1. The maximum atomic E-state index is 14.8. The molecule has 0 aliphatic carbocycles. The van der Waals surface area contributed by atoms with Crippen molar-refractivity contribution in [3.05, 3.63) is 64.9 Å². The molecule has 0 radical (unpaired) electrons. The Bertz CT molecular complexity index is 1630. The lowest BCUT2D eigenvalue weighted by Gasteiger charge is -2.39. The number of ether oxygens (including phenoxy) is 2. The summed E-state index contributed by atoms with van der Waals surface area (Å²) in [6.07, 6.45) is -3.28. The van der Waals surface area contributed by atoms with E-state index in [9.17, 15) is 27.2 Å². The van der Waals surface area contributed by atoms with Crippen molar-refractivity contribution in [2.45, 2.75) is 41.7 Å². The number of benzene rings is 2. The summed E-state index contributed by atoms with van der Waals surface area (Å²) in [4.78, 5) is 32.6. The number of methoxy groups -OCH3 is 1. The summed E-state index contributed by atoms with van der Waals surface area (Å²) in [7, 11) is 1.49. The summed E-state index contributed by atoms with van der Waals surface area (Å²) >= 11 is 3.09. The van der Waals surface area contributed by atoms with Crippen LogP contribution in [0, 0.1) is 5.82 Å². The number of alkyl halides is 3. The molecule has 8 nitrogen and oxygen atoms in total. The summed E-state index contributed by atoms with van der Waals surface area (Å²) < 4.78 is 72.2. The van der Waals surface area contributed by atoms with Gasteiger partial charge in [0.2, 0.25) is 0 Å². The van der Waals surface area contributed by atoms with E-state index in [1.807, 2.05) is 27.8 Å². The first-order valence-electron chi connectivity index (χ1n) is 13.1. The number of hydrogen-bond donors (Lipinski definition) is 0. The van der Waals surface area contributed by atoms with Crippen LogP contribution in [0.25, 0.3) is 22.0 Å². The monoisotopic (exact) mass is 716 g/mol. The lowest BCUT2D eigenvalue weighted by molar-refractivity contribution is -0.137. The smallest absolute Gasteiger partial charge is 0.383 e. The van der Waals surface area contributed by atoms with Crippen molar-refractivity contribution in [2.75, 3.05) is 37.5 Å². The second-order valence-corrected chi connectivity index (χ2v) is 12.6. The largest absolute Gasteiger partial charge is 0.417 e. The van der Waals surface area contributed by atoms with Crippen LogP contribution < -0.4 is 10.6 Å². The number of thioether (sulfide) groups is 1. The molecule has 2 fully saturated rings. The number of carbonyl (C=O) groups excluding carboxylic acids is 1. The Morgan fingerprint density at radius 1 is 1.31 bits per heavy atom. The fraction of sp³-hybridized carbons (Fsp3) is 0.393. The van der Waals surface area contributed by atoms with E-state index in [0.717, 1.165) is 18.2 Å². The molecule has 3 aliphatic rings. The Balaban J connectivity index is 1.64. The molecular weight excluding hydrogens is 691 g/mol. The topological polar surface area (TPSA) is 76.9 Å². The number of halogens is 5. The first-order chi connectivity index (χ1) is 20.0. The molecule has 2 saturated heterocycles. The van der Waals surface area contributed by atoms with Gasteiger partial charge in [-0.1, -0.05) is 18.7 Å². The number of amides is 1. The van der Waals surface area contributed by atoms with Crippen molar-refractivity contribution in [3.8, 4) is 11.1 Å². The maximum Gasteiger partial charge on any atom is 0.417 e. The molecule has 2 aromatic carbocycles. The summed E-state index contributed by atoms with van der Waals surface area (Å²) in [6.45, 7) is 4.23. The highest BCUT2D eigenvalue weighted by Crippen LogP contribution is 2.51. The van der Waals surface area contributed by atoms with Gasteiger partial charge in [-0.2, -0.15) is 18.2 Å². The molecule has 1 aromatic heterocycles. The van der Waals surface area contributed by atoms with Gasteiger partial charge in [-0.25, -0.2) is 9.18 Å². The predicted octanol–water partition coefficient (Wildman–Crippen LogP) is 5.23. The fourth-order valence-electron chi connectivity index (χ4n) is 6.05. The van der Waals surface area contributed by atoms with Gasteiger partial charge in [-0.05, 0) is 36.3 Å². The molecule has 0 bridgehead atoms. The number of hydrogen-bond acceptors (Lipinski definition) is 7. The van der Waals surface area contributed by atoms with Crippen LogP contribution in [0.4, 0.5) is 23.4 Å². The van der Waals surface area contributed by atoms with Gasteiger partial charge in [0.15, 0.2) is 0 Å². The van der Waals surface area contributed by atoms with Gasteiger partial charge in [-0.15, -0.1) is 11.8 Å². The molecule has 42 heavy (non-hydrogen) atoms. The summed E-state index contributed by atoms with van der Waals surface area (Å²) in [5.41, 5.74) is -1.12. The third kappa shape index (κ3) is 4.89. The number of aromatic nitrogens is 2. The maximum absolute atomic E-state index is 14.8. The molecule has 0 saturated carbocycles. The molecule has 4 atom stereocenters. The van der Waals surface area contributed by atoms with Crippen LogP contribution in [0.3, 0.4) is 0 Å². The summed E-state index contributed by atoms with van der Waals surface area (Å²) in [6, 6.07) is 4.85. The Labute approximate surface area is 256 Å². The van der Waals surface area contributed by atoms with E-state index in [0.29, 0.717) is 18.5 Å². The minimum atomic E-state index is -4.77. The molecule has 0 N–H and O–H groups in total. The average molecular weight is 716 g/mol. The summed E-state index contributed by atoms with van der Waals surface area (Å²) in [5.74, 6) is -0.485. The zero-order valence-corrected chi connectivity index (χ0v) is 25.2. The highest BCUT2D eigenvalue weighted by molar-refractivity contribution is 14.1. The molecule has 222 valence electrons. The normalized spacial score (nSPS) is 23.0. The minimum absolute atomic E-state index is 0.112. The van der Waals surface area contributed by atoms with E-state index in [1.165, 1.54) is 44.8 Å². The van der Waals surface area contributed by atoms with Gasteiger partial charge in [0.05, 0.1) is 77.9 Å². The van der Waals surface area contributed by atoms with E-state index in [4.69, 9.17) is 9.47 Å². The first-order valence-corrected chi connectivity index (χ1v) is 15.1. The van der Waals surface area contributed by atoms with Gasteiger partial charge in [-0.3, -0.25) is 12.5 Å². The Morgan fingerprint density at radius 2 is 2.05 bits per heavy atom. The number of nitrogens with zero attached hydrogens (tertiary/aromatic N) is 4. The molecular formula is C28H25F4IN4O4S. The van der Waals surface area contributed by atoms with E-state index < -0.39 is 29.3 Å². The zero-order chi connectivity index (χ0) is 29.9. The van der Waals surface area contributed by atoms with Gasteiger partial charge in [0.1, 0.15) is 11.6 Å². The van der Waals surface area contributed by atoms with Crippen molar-refractivity contribution >= 4 is 57.3 Å². The van der Waals surface area contributed by atoms with Crippen LogP contribution in [0.15, 0.2) is 52.7 Å². The fourth-order valence-corrected chi connectivity index (χ4v) is 8.02. The van der Waals surface area contributed by atoms with Crippen LogP contribution >= 0.6 is 34.6 Å². The minimum Gasteiger partial charge on any atom is -0.383 e. The van der Waals surface area contributed by atoms with Crippen LogP contribution in [-0.4, -0.2) is 69.4 Å². The highest BCUT2D eigenvalue weighted by Gasteiger charge is 2.50. The van der Waals surface area contributed by atoms with E-state index in [2.05, 4.69) is 11.6 Å². The number of rotatable bonds is 7. The van der Waals surface area contributed by atoms with E-state index in [1.54, 1.807) is 0 Å². The van der Waals surface area contributed by atoms with Crippen molar-refractivity contribution in [1.29, 1.82) is 0 Å². The van der Waals surface area contributed by atoms with Crippen LogP contribution in [0.1, 0.15) is 18.0 Å². The Hall–Kier alpha value is -2.69. The average Bonchev–Trinajstić information content (AvgIpc) is 3.18. The number of carbonyl (C=O) groups is 1. The van der Waals surface area contributed by atoms with Gasteiger partial charge in [0.25, 0.3) is 5.91 Å². The number of fused-ring (bicyclic) bond motifs is 1. The molecule has 0 spiro atoms. The van der Waals surface area contributed by atoms with Crippen molar-refractivity contribution in [2.24, 2.45) is 0 Å². The second kappa shape index (κ2) is 11.1. The van der Waals surface area contributed by atoms with Crippen LogP contribution in [0.2, 0.25) is 0 Å². The van der Waals surface area contributed by atoms with Crippen molar-refractivity contribution < 1.29 is 31.8 Å². The summed E-state index contributed by atoms with van der Waals surface area (Å²) in [5, 5.41) is 0.170.